The molecule has 2 aromatic heterocycles. The van der Waals surface area contributed by atoms with Gasteiger partial charge >= 0.3 is 12.0 Å². The molecule has 0 bridgehead atoms. The Bertz CT molecular complexity index is 1350. The lowest BCUT2D eigenvalue weighted by atomic mass is 10.0. The van der Waals surface area contributed by atoms with Gasteiger partial charge in [-0.1, -0.05) is 41.7 Å². The molecule has 0 fully saturated rings. The molecule has 5 rings (SSSR count). The summed E-state index contributed by atoms with van der Waals surface area (Å²) in [5, 5.41) is 7.63. The van der Waals surface area contributed by atoms with Crippen molar-refractivity contribution in [1.82, 2.24) is 24.8 Å². The van der Waals surface area contributed by atoms with Crippen molar-refractivity contribution in [2.45, 2.75) is 32.4 Å². The van der Waals surface area contributed by atoms with Crippen LogP contribution in [0.25, 0.3) is 16.3 Å². The summed E-state index contributed by atoms with van der Waals surface area (Å²) >= 11 is 1.49. The average molecular weight is 494 g/mol. The molecule has 0 radical (unpaired) electrons. The highest BCUT2D eigenvalue weighted by Gasteiger charge is 2.28. The van der Waals surface area contributed by atoms with Gasteiger partial charge < -0.3 is 15.0 Å². The zero-order chi connectivity index (χ0) is 24.4. The second kappa shape index (κ2) is 9.83. The molecule has 1 aliphatic rings. The van der Waals surface area contributed by atoms with Crippen LogP contribution in [0.4, 0.5) is 9.18 Å². The first-order chi connectivity index (χ1) is 17.0. The van der Waals surface area contributed by atoms with Gasteiger partial charge in [0, 0.05) is 23.4 Å². The smallest absolute Gasteiger partial charge is 0.318 e. The Morgan fingerprint density at radius 3 is 2.69 bits per heavy atom. The number of rotatable bonds is 6. The minimum absolute atomic E-state index is 0.0611. The van der Waals surface area contributed by atoms with Crippen LogP contribution in [0.15, 0.2) is 54.6 Å². The number of fused-ring (bicyclic) bond motifs is 3. The van der Waals surface area contributed by atoms with Crippen molar-refractivity contribution < 1.29 is 18.7 Å². The Hall–Kier alpha value is -3.79. The number of carbonyl (C=O) groups is 2. The summed E-state index contributed by atoms with van der Waals surface area (Å²) in [4.78, 5) is 33.4. The van der Waals surface area contributed by atoms with Gasteiger partial charge in [-0.15, -0.1) is 5.10 Å². The average Bonchev–Trinajstić information content (AvgIpc) is 3.42. The van der Waals surface area contributed by atoms with Gasteiger partial charge in [0.1, 0.15) is 5.82 Å². The number of esters is 1. The van der Waals surface area contributed by atoms with Crippen LogP contribution in [0, 0.1) is 5.82 Å². The Morgan fingerprint density at radius 2 is 1.94 bits per heavy atom. The first kappa shape index (κ1) is 23.0. The summed E-state index contributed by atoms with van der Waals surface area (Å²) in [6.45, 7) is 3.00. The minimum Gasteiger partial charge on any atom is -0.466 e. The van der Waals surface area contributed by atoms with E-state index in [1.54, 1.807) is 24.0 Å². The number of nitrogens with zero attached hydrogens (tertiary/aromatic N) is 4. The van der Waals surface area contributed by atoms with Crippen LogP contribution in [0.1, 0.15) is 35.5 Å². The Morgan fingerprint density at radius 1 is 1.17 bits per heavy atom. The molecule has 0 saturated heterocycles. The molecule has 8 nitrogen and oxygen atoms in total. The molecule has 2 amide bonds. The topological polar surface area (TPSA) is 88.8 Å². The molecule has 0 unspecified atom stereocenters. The zero-order valence-electron chi connectivity index (χ0n) is 19.1. The predicted molar refractivity (Wildman–Crippen MR) is 129 cm³/mol. The lowest BCUT2D eigenvalue weighted by Crippen LogP contribution is -2.44. The summed E-state index contributed by atoms with van der Waals surface area (Å²) in [6, 6.07) is 14.8. The summed E-state index contributed by atoms with van der Waals surface area (Å²) in [7, 11) is 0. The molecule has 0 saturated carbocycles. The van der Waals surface area contributed by atoms with E-state index in [0.29, 0.717) is 31.9 Å². The van der Waals surface area contributed by atoms with E-state index in [0.717, 1.165) is 26.7 Å². The number of urea groups is 1. The molecule has 180 valence electrons. The Labute approximate surface area is 205 Å². The number of nitrogens with one attached hydrogen (secondary N) is 1. The molecule has 35 heavy (non-hydrogen) atoms. The van der Waals surface area contributed by atoms with Crippen molar-refractivity contribution in [3.05, 3.63) is 76.5 Å². The maximum Gasteiger partial charge on any atom is 0.318 e. The molecule has 1 N–H and O–H groups in total. The van der Waals surface area contributed by atoms with Gasteiger partial charge in [0.05, 0.1) is 31.3 Å². The van der Waals surface area contributed by atoms with E-state index in [1.165, 1.54) is 23.5 Å². The lowest BCUT2D eigenvalue weighted by molar-refractivity contribution is -0.143. The largest absolute Gasteiger partial charge is 0.466 e. The second-order valence-electron chi connectivity index (χ2n) is 8.20. The van der Waals surface area contributed by atoms with Crippen LogP contribution >= 0.6 is 11.3 Å². The van der Waals surface area contributed by atoms with E-state index in [2.05, 4.69) is 15.4 Å². The van der Waals surface area contributed by atoms with E-state index < -0.39 is 6.04 Å². The highest BCUT2D eigenvalue weighted by Crippen LogP contribution is 2.30. The van der Waals surface area contributed by atoms with Gasteiger partial charge in [-0.2, -0.15) is 4.98 Å². The van der Waals surface area contributed by atoms with Crippen molar-refractivity contribution >= 4 is 28.3 Å². The number of amides is 2. The summed E-state index contributed by atoms with van der Waals surface area (Å²) in [5.41, 5.74) is 2.63. The lowest BCUT2D eigenvalue weighted by Gasteiger charge is -2.29. The number of benzene rings is 2. The molecule has 4 aromatic rings. The minimum atomic E-state index is -0.482. The normalized spacial score (nSPS) is 13.9. The third kappa shape index (κ3) is 4.88. The van der Waals surface area contributed by atoms with Gasteiger partial charge in [-0.25, -0.2) is 13.7 Å². The molecule has 10 heteroatoms. The van der Waals surface area contributed by atoms with E-state index in [9.17, 15) is 14.0 Å². The first-order valence-electron chi connectivity index (χ1n) is 11.4. The number of aromatic nitrogens is 3. The van der Waals surface area contributed by atoms with E-state index in [1.807, 2.05) is 34.8 Å². The van der Waals surface area contributed by atoms with Gasteiger partial charge in [0.2, 0.25) is 4.96 Å². The van der Waals surface area contributed by atoms with Crippen LogP contribution in [0.5, 0.6) is 0 Å². The first-order valence-corrected chi connectivity index (χ1v) is 12.2. The molecule has 2 aromatic carbocycles. The van der Waals surface area contributed by atoms with Crippen LogP contribution in [-0.2, 0) is 22.5 Å². The molecule has 0 spiro atoms. The number of ether oxygens (including phenoxy) is 1. The van der Waals surface area contributed by atoms with Gasteiger partial charge in [-0.3, -0.25) is 4.79 Å². The van der Waals surface area contributed by atoms with Gasteiger partial charge in [0.25, 0.3) is 0 Å². The monoisotopic (exact) mass is 493 g/mol. The molecule has 1 aliphatic heterocycles. The van der Waals surface area contributed by atoms with Gasteiger partial charge in [-0.05, 0) is 36.8 Å². The second-order valence-corrected chi connectivity index (χ2v) is 9.26. The predicted octanol–water partition coefficient (Wildman–Crippen LogP) is 4.36. The third-order valence-corrected chi connectivity index (χ3v) is 6.95. The van der Waals surface area contributed by atoms with Crippen molar-refractivity contribution in [2.24, 2.45) is 0 Å². The fourth-order valence-electron chi connectivity index (χ4n) is 4.15. The quantitative estimate of drug-likeness (QED) is 0.403. The molecular weight excluding hydrogens is 469 g/mol. The standard InChI is InChI=1S/C25H24FN5O3S/c1-2-34-22(32)14-19(16-6-4-3-5-7-16)27-24(33)30-13-12-20-21(15-30)35-25-28-23(29-31(20)25)17-8-10-18(26)11-9-17/h3-11,19H,2,12-15H2,1H3,(H,27,33)/t19-/m0/s1. The van der Waals surface area contributed by atoms with Crippen molar-refractivity contribution in [2.75, 3.05) is 13.2 Å². The maximum atomic E-state index is 13.2. The van der Waals surface area contributed by atoms with E-state index in [-0.39, 0.29) is 24.2 Å². The van der Waals surface area contributed by atoms with Crippen LogP contribution in [0.3, 0.4) is 0 Å². The SMILES string of the molecule is CCOC(=O)C[C@H](NC(=O)N1CCc2c(sc3nc(-c4ccc(F)cc4)nn23)C1)c1ccccc1. The summed E-state index contributed by atoms with van der Waals surface area (Å²) < 4.78 is 20.2. The van der Waals surface area contributed by atoms with Crippen molar-refractivity contribution in [1.29, 1.82) is 0 Å². The highest BCUT2D eigenvalue weighted by atomic mass is 32.1. The zero-order valence-corrected chi connectivity index (χ0v) is 19.9. The van der Waals surface area contributed by atoms with Crippen LogP contribution in [0.2, 0.25) is 0 Å². The molecular formula is C25H24FN5O3S. The fraction of sp³-hybridized carbons (Fsp3) is 0.280. The van der Waals surface area contributed by atoms with Crippen LogP contribution in [-0.4, -0.2) is 44.7 Å². The van der Waals surface area contributed by atoms with Crippen LogP contribution < -0.4 is 5.32 Å². The van der Waals surface area contributed by atoms with Crippen molar-refractivity contribution in [3.63, 3.8) is 0 Å². The summed E-state index contributed by atoms with van der Waals surface area (Å²) in [6.07, 6.45) is 0.689. The number of carbonyl (C=O) groups excluding carboxylic acids is 2. The fourth-order valence-corrected chi connectivity index (χ4v) is 5.26. The van der Waals surface area contributed by atoms with E-state index >= 15 is 0 Å². The molecule has 1 atom stereocenters. The Balaban J connectivity index is 1.31. The van der Waals surface area contributed by atoms with Gasteiger partial charge in [0.15, 0.2) is 5.82 Å². The number of hydrogen-bond acceptors (Lipinski definition) is 6. The van der Waals surface area contributed by atoms with E-state index in [4.69, 9.17) is 4.74 Å². The Kier molecular flexibility index (Phi) is 6.45. The highest BCUT2D eigenvalue weighted by molar-refractivity contribution is 7.17. The molecule has 0 aliphatic carbocycles. The number of hydrogen-bond donors (Lipinski definition) is 1. The number of thiazole rings is 1. The third-order valence-electron chi connectivity index (χ3n) is 5.89. The summed E-state index contributed by atoms with van der Waals surface area (Å²) in [5.74, 6) is -0.115. The van der Waals surface area contributed by atoms with Crippen molar-refractivity contribution in [3.8, 4) is 11.4 Å². The maximum absolute atomic E-state index is 13.2. The molecule has 3 heterocycles. The number of halogens is 1.